The van der Waals surface area contributed by atoms with Crippen molar-refractivity contribution >= 4 is 34.8 Å². The number of carbonyl (C=O) groups excluding carboxylic acids is 3. The van der Waals surface area contributed by atoms with Crippen molar-refractivity contribution in [1.29, 1.82) is 0 Å². The zero-order valence-electron chi connectivity index (χ0n) is 14.5. The second-order valence-corrected chi connectivity index (χ2v) is 8.71. The summed E-state index contributed by atoms with van der Waals surface area (Å²) in [7, 11) is 0. The molecule has 136 valence electrons. The summed E-state index contributed by atoms with van der Waals surface area (Å²) in [6.45, 7) is 6.81. The molecule has 4 amide bonds. The number of urea groups is 1. The highest BCUT2D eigenvalue weighted by Gasteiger charge is 2.57. The largest absolute Gasteiger partial charge is 0.351 e. The van der Waals surface area contributed by atoms with E-state index in [-0.39, 0.29) is 23.2 Å². The number of carbonyl (C=O) groups is 3. The number of hydrogen-bond donors (Lipinski definition) is 4. The third kappa shape index (κ3) is 3.01. The minimum absolute atomic E-state index is 0.0514. The summed E-state index contributed by atoms with van der Waals surface area (Å²) in [6.07, 6.45) is 4.41. The van der Waals surface area contributed by atoms with Crippen LogP contribution in [0.25, 0.3) is 0 Å². The highest BCUT2D eigenvalue weighted by molar-refractivity contribution is 8.15. The number of amides is 4. The van der Waals surface area contributed by atoms with E-state index in [0.717, 1.165) is 23.9 Å². The summed E-state index contributed by atoms with van der Waals surface area (Å²) >= 11 is 1.16. The normalized spacial score (nSPS) is 34.0. The summed E-state index contributed by atoms with van der Waals surface area (Å²) in [6, 6.07) is -0.928. The van der Waals surface area contributed by atoms with Gasteiger partial charge in [-0.2, -0.15) is 5.10 Å². The zero-order valence-corrected chi connectivity index (χ0v) is 15.3. The maximum absolute atomic E-state index is 11.9. The Kier molecular flexibility index (Phi) is 4.30. The number of imide groups is 1. The second kappa shape index (κ2) is 6.05. The predicted octanol–water partition coefficient (Wildman–Crippen LogP) is 1.00. The summed E-state index contributed by atoms with van der Waals surface area (Å²) in [5, 5.41) is 8.72. The number of nitrogens with two attached hydrogens (primary N) is 1. The fourth-order valence-electron chi connectivity index (χ4n) is 3.92. The topological polar surface area (TPSA) is 126 Å². The minimum Gasteiger partial charge on any atom is -0.351 e. The van der Waals surface area contributed by atoms with Crippen molar-refractivity contribution < 1.29 is 14.4 Å². The number of thioether (sulfide) groups is 1. The van der Waals surface area contributed by atoms with Gasteiger partial charge in [0.05, 0.1) is 0 Å². The Balaban J connectivity index is 1.61. The number of primary amides is 1. The molecule has 3 aliphatic rings. The van der Waals surface area contributed by atoms with Gasteiger partial charge in [0.1, 0.15) is 5.25 Å². The molecule has 0 aromatic heterocycles. The molecule has 0 aromatic carbocycles. The van der Waals surface area contributed by atoms with E-state index < -0.39 is 17.2 Å². The van der Waals surface area contributed by atoms with Crippen molar-refractivity contribution in [2.24, 2.45) is 27.6 Å². The molecule has 0 radical (unpaired) electrons. The van der Waals surface area contributed by atoms with Crippen LogP contribution in [0.5, 0.6) is 0 Å². The van der Waals surface area contributed by atoms with Crippen molar-refractivity contribution in [2.75, 3.05) is 0 Å². The van der Waals surface area contributed by atoms with Gasteiger partial charge in [-0.05, 0) is 24.2 Å². The molecule has 3 atom stereocenters. The number of rotatable bonds is 4. The first kappa shape index (κ1) is 17.8. The van der Waals surface area contributed by atoms with Gasteiger partial charge in [0.15, 0.2) is 5.17 Å². The first-order valence-electron chi connectivity index (χ1n) is 8.26. The van der Waals surface area contributed by atoms with Gasteiger partial charge in [-0.25, -0.2) is 4.79 Å². The Morgan fingerprint density at radius 2 is 2.16 bits per heavy atom. The van der Waals surface area contributed by atoms with Crippen LogP contribution in [0.2, 0.25) is 0 Å². The smallest absolute Gasteiger partial charge is 0.318 e. The van der Waals surface area contributed by atoms with E-state index >= 15 is 0 Å². The van der Waals surface area contributed by atoms with E-state index in [9.17, 15) is 14.4 Å². The van der Waals surface area contributed by atoms with Gasteiger partial charge in [0.25, 0.3) is 0 Å². The molecule has 2 fully saturated rings. The van der Waals surface area contributed by atoms with E-state index in [2.05, 4.69) is 42.7 Å². The zero-order chi connectivity index (χ0) is 18.4. The maximum Gasteiger partial charge on any atom is 0.318 e. The summed E-state index contributed by atoms with van der Waals surface area (Å²) in [5.74, 6) is -0.352. The number of nitrogens with zero attached hydrogens (tertiary/aromatic N) is 1. The van der Waals surface area contributed by atoms with Crippen molar-refractivity contribution in [3.05, 3.63) is 11.8 Å². The van der Waals surface area contributed by atoms with E-state index in [0.29, 0.717) is 11.1 Å². The lowest BCUT2D eigenvalue weighted by Crippen LogP contribution is -2.37. The Morgan fingerprint density at radius 1 is 1.44 bits per heavy atom. The molecule has 2 aliphatic carbocycles. The molecule has 0 spiro atoms. The van der Waals surface area contributed by atoms with Gasteiger partial charge < -0.3 is 11.1 Å². The van der Waals surface area contributed by atoms with Crippen LogP contribution >= 0.6 is 11.8 Å². The average Bonchev–Trinajstić information content (AvgIpc) is 3.01. The van der Waals surface area contributed by atoms with Crippen molar-refractivity contribution in [3.63, 3.8) is 0 Å². The number of amidine groups is 1. The number of allylic oxidation sites excluding steroid dienone is 2. The van der Waals surface area contributed by atoms with Crippen LogP contribution in [0.15, 0.2) is 16.9 Å². The molecular formula is C16H23N5O3S. The standard InChI is InChI=1S/C16H23N5O3S/c1-15(2)8-4-5-16(15,3)10(6-8)20-21-14-19-12(23)9(25-14)7-11(22)18-13(17)24/h6,8-9,20H,4-5,7H2,1-3H3,(H,19,21,23)(H3,17,18,22,24)/t8-,9-,16+/m1/s1. The molecule has 25 heavy (non-hydrogen) atoms. The Morgan fingerprint density at radius 3 is 2.72 bits per heavy atom. The van der Waals surface area contributed by atoms with Gasteiger partial charge in [-0.1, -0.05) is 38.6 Å². The summed E-state index contributed by atoms with van der Waals surface area (Å²) in [5.41, 5.74) is 9.34. The Hall–Kier alpha value is -2.03. The van der Waals surface area contributed by atoms with Gasteiger partial charge >= 0.3 is 6.03 Å². The van der Waals surface area contributed by atoms with Crippen LogP contribution in [-0.2, 0) is 9.59 Å². The lowest BCUT2D eigenvalue weighted by atomic mass is 9.69. The fraction of sp³-hybridized carbons (Fsp3) is 0.625. The highest BCUT2D eigenvalue weighted by atomic mass is 32.2. The first-order chi connectivity index (χ1) is 11.6. The van der Waals surface area contributed by atoms with Gasteiger partial charge in [0.2, 0.25) is 11.8 Å². The quantitative estimate of drug-likeness (QED) is 0.553. The monoisotopic (exact) mass is 365 g/mol. The van der Waals surface area contributed by atoms with Crippen LogP contribution < -0.4 is 21.8 Å². The van der Waals surface area contributed by atoms with Crippen molar-refractivity contribution in [3.8, 4) is 0 Å². The van der Waals surface area contributed by atoms with Crippen LogP contribution in [0.4, 0.5) is 4.79 Å². The SMILES string of the molecule is CC1(C)[C@H]2C=C(N/N=C3\NC(=O)[C@@H](CC(=O)NC(N)=O)S3)[C@]1(C)CC2. The van der Waals surface area contributed by atoms with E-state index in [4.69, 9.17) is 5.73 Å². The molecule has 0 unspecified atom stereocenters. The van der Waals surface area contributed by atoms with Gasteiger partial charge in [-0.15, -0.1) is 0 Å². The second-order valence-electron chi connectivity index (χ2n) is 7.52. The molecule has 1 saturated carbocycles. The summed E-state index contributed by atoms with van der Waals surface area (Å²) < 4.78 is 0. The van der Waals surface area contributed by atoms with Crippen LogP contribution in [0, 0.1) is 16.7 Å². The maximum atomic E-state index is 11.9. The molecule has 1 heterocycles. The number of fused-ring (bicyclic) bond motifs is 2. The molecule has 5 N–H and O–H groups in total. The first-order valence-corrected chi connectivity index (χ1v) is 9.14. The lowest BCUT2D eigenvalue weighted by molar-refractivity contribution is -0.124. The van der Waals surface area contributed by atoms with Crippen molar-refractivity contribution in [1.82, 2.24) is 16.1 Å². The molecule has 1 saturated heterocycles. The van der Waals surface area contributed by atoms with E-state index in [1.165, 1.54) is 6.42 Å². The number of nitrogens with one attached hydrogen (secondary N) is 3. The Bertz CT molecular complexity index is 702. The predicted molar refractivity (Wildman–Crippen MR) is 95.1 cm³/mol. The molecular weight excluding hydrogens is 342 g/mol. The molecule has 3 rings (SSSR count). The van der Waals surface area contributed by atoms with E-state index in [1.54, 1.807) is 0 Å². The van der Waals surface area contributed by atoms with Gasteiger partial charge in [-0.3, -0.25) is 20.3 Å². The molecule has 2 bridgehead atoms. The number of hydrogen-bond acceptors (Lipinski definition) is 6. The molecule has 8 nitrogen and oxygen atoms in total. The molecule has 9 heteroatoms. The van der Waals surface area contributed by atoms with Crippen molar-refractivity contribution in [2.45, 2.75) is 45.3 Å². The third-order valence-corrected chi connectivity index (χ3v) is 7.04. The molecule has 1 aliphatic heterocycles. The Labute approximate surface area is 150 Å². The van der Waals surface area contributed by atoms with Crippen LogP contribution in [0.3, 0.4) is 0 Å². The molecule has 0 aromatic rings. The highest BCUT2D eigenvalue weighted by Crippen LogP contribution is 2.64. The average molecular weight is 365 g/mol. The number of hydrazone groups is 1. The van der Waals surface area contributed by atoms with E-state index in [1.807, 2.05) is 5.32 Å². The lowest BCUT2D eigenvalue weighted by Gasteiger charge is -2.36. The van der Waals surface area contributed by atoms with Crippen LogP contribution in [0.1, 0.15) is 40.0 Å². The van der Waals surface area contributed by atoms with Crippen LogP contribution in [-0.4, -0.2) is 28.3 Å². The third-order valence-electron chi connectivity index (χ3n) is 5.95. The fourth-order valence-corrected chi connectivity index (χ4v) is 4.84. The minimum atomic E-state index is -0.928. The van der Waals surface area contributed by atoms with Gasteiger partial charge in [0, 0.05) is 17.5 Å². The summed E-state index contributed by atoms with van der Waals surface area (Å²) in [4.78, 5) is 34.2.